The Labute approximate surface area is 80.7 Å². The summed E-state index contributed by atoms with van der Waals surface area (Å²) >= 11 is 0. The first-order chi connectivity index (χ1) is 6.72. The molecule has 0 saturated heterocycles. The summed E-state index contributed by atoms with van der Waals surface area (Å²) in [7, 11) is 1.38. The average Bonchev–Trinajstić information content (AvgIpc) is 3.00. The molecule has 74 valence electrons. The van der Waals surface area contributed by atoms with E-state index in [0.29, 0.717) is 5.92 Å². The van der Waals surface area contributed by atoms with E-state index in [1.807, 2.05) is 0 Å². The maximum Gasteiger partial charge on any atom is 0.341 e. The van der Waals surface area contributed by atoms with Crippen LogP contribution in [0, 0.1) is 0 Å². The van der Waals surface area contributed by atoms with Crippen LogP contribution in [0.3, 0.4) is 0 Å². The molecular formula is C9H10N2O3. The SMILES string of the molecule is COc1nnc(C2CC2)cc1C(=O)O. The molecule has 1 aromatic heterocycles. The Bertz CT molecular complexity index is 374. The van der Waals surface area contributed by atoms with Crippen molar-refractivity contribution in [2.45, 2.75) is 18.8 Å². The van der Waals surface area contributed by atoms with Crippen LogP contribution in [0.5, 0.6) is 5.88 Å². The molecule has 1 aromatic rings. The molecule has 1 fully saturated rings. The number of aromatic carboxylic acids is 1. The van der Waals surface area contributed by atoms with Crippen LogP contribution in [0.1, 0.15) is 34.8 Å². The highest BCUT2D eigenvalue weighted by Crippen LogP contribution is 2.39. The number of aromatic nitrogens is 2. The maximum absolute atomic E-state index is 10.8. The molecule has 5 heteroatoms. The van der Waals surface area contributed by atoms with E-state index in [2.05, 4.69) is 10.2 Å². The number of hydrogen-bond acceptors (Lipinski definition) is 4. The second-order valence-corrected chi connectivity index (χ2v) is 3.27. The van der Waals surface area contributed by atoms with Crippen LogP contribution in [0.2, 0.25) is 0 Å². The van der Waals surface area contributed by atoms with Gasteiger partial charge in [0.2, 0.25) is 5.88 Å². The average molecular weight is 194 g/mol. The molecule has 0 aliphatic heterocycles. The molecule has 0 spiro atoms. The Hall–Kier alpha value is -1.65. The second kappa shape index (κ2) is 3.25. The number of hydrogen-bond donors (Lipinski definition) is 1. The third kappa shape index (κ3) is 1.53. The van der Waals surface area contributed by atoms with Crippen molar-refractivity contribution in [1.82, 2.24) is 10.2 Å². The van der Waals surface area contributed by atoms with Gasteiger partial charge in [-0.3, -0.25) is 0 Å². The van der Waals surface area contributed by atoms with Crippen LogP contribution in [0.4, 0.5) is 0 Å². The molecule has 2 rings (SSSR count). The summed E-state index contributed by atoms with van der Waals surface area (Å²) in [5.74, 6) is -0.563. The predicted octanol–water partition coefficient (Wildman–Crippen LogP) is 1.06. The molecule has 0 unspecified atom stereocenters. The van der Waals surface area contributed by atoms with Crippen molar-refractivity contribution < 1.29 is 14.6 Å². The van der Waals surface area contributed by atoms with E-state index in [0.717, 1.165) is 18.5 Å². The Morgan fingerprint density at radius 1 is 1.57 bits per heavy atom. The molecule has 14 heavy (non-hydrogen) atoms. The molecular weight excluding hydrogens is 184 g/mol. The zero-order valence-corrected chi connectivity index (χ0v) is 7.73. The smallest absolute Gasteiger partial charge is 0.341 e. The van der Waals surface area contributed by atoms with E-state index in [9.17, 15) is 4.79 Å². The summed E-state index contributed by atoms with van der Waals surface area (Å²) in [4.78, 5) is 10.8. The van der Waals surface area contributed by atoms with Gasteiger partial charge in [0.1, 0.15) is 5.56 Å². The molecule has 1 aliphatic rings. The highest BCUT2D eigenvalue weighted by atomic mass is 16.5. The summed E-state index contributed by atoms with van der Waals surface area (Å²) in [6.07, 6.45) is 2.14. The van der Waals surface area contributed by atoms with Crippen LogP contribution in [0.25, 0.3) is 0 Å². The maximum atomic E-state index is 10.8. The number of ether oxygens (including phenoxy) is 1. The third-order valence-corrected chi connectivity index (χ3v) is 2.20. The third-order valence-electron chi connectivity index (χ3n) is 2.20. The topological polar surface area (TPSA) is 72.3 Å². The van der Waals surface area contributed by atoms with Gasteiger partial charge in [-0.15, -0.1) is 5.10 Å². The first-order valence-corrected chi connectivity index (χ1v) is 4.37. The van der Waals surface area contributed by atoms with Crippen LogP contribution >= 0.6 is 0 Å². The van der Waals surface area contributed by atoms with E-state index in [1.54, 1.807) is 6.07 Å². The largest absolute Gasteiger partial charge is 0.479 e. The van der Waals surface area contributed by atoms with Crippen LogP contribution in [0.15, 0.2) is 6.07 Å². The summed E-state index contributed by atoms with van der Waals surface area (Å²) in [6, 6.07) is 1.55. The van der Waals surface area contributed by atoms with Gasteiger partial charge in [0.15, 0.2) is 0 Å². The quantitative estimate of drug-likeness (QED) is 0.778. The molecule has 1 saturated carbocycles. The zero-order chi connectivity index (χ0) is 10.1. The van der Waals surface area contributed by atoms with Crippen molar-refractivity contribution in [2.75, 3.05) is 7.11 Å². The second-order valence-electron chi connectivity index (χ2n) is 3.27. The van der Waals surface area contributed by atoms with Crippen molar-refractivity contribution in [1.29, 1.82) is 0 Å². The molecule has 1 N–H and O–H groups in total. The fourth-order valence-corrected chi connectivity index (χ4v) is 1.28. The lowest BCUT2D eigenvalue weighted by Crippen LogP contribution is -2.05. The van der Waals surface area contributed by atoms with Gasteiger partial charge in [-0.1, -0.05) is 0 Å². The van der Waals surface area contributed by atoms with Crippen molar-refractivity contribution in [3.05, 3.63) is 17.3 Å². The summed E-state index contributed by atoms with van der Waals surface area (Å²) in [5.41, 5.74) is 0.840. The van der Waals surface area contributed by atoms with Crippen molar-refractivity contribution in [2.24, 2.45) is 0 Å². The van der Waals surface area contributed by atoms with Crippen molar-refractivity contribution in [3.63, 3.8) is 0 Å². The van der Waals surface area contributed by atoms with Crippen molar-refractivity contribution in [3.8, 4) is 5.88 Å². The van der Waals surface area contributed by atoms with Gasteiger partial charge in [0.25, 0.3) is 0 Å². The number of carboxylic acid groups (broad SMARTS) is 1. The Morgan fingerprint density at radius 2 is 2.29 bits per heavy atom. The zero-order valence-electron chi connectivity index (χ0n) is 7.73. The Morgan fingerprint density at radius 3 is 2.79 bits per heavy atom. The lowest BCUT2D eigenvalue weighted by atomic mass is 10.2. The number of rotatable bonds is 3. The molecule has 0 radical (unpaired) electrons. The number of methoxy groups -OCH3 is 1. The fraction of sp³-hybridized carbons (Fsp3) is 0.444. The predicted molar refractivity (Wildman–Crippen MR) is 47.5 cm³/mol. The van der Waals surface area contributed by atoms with Gasteiger partial charge in [-0.2, -0.15) is 5.10 Å². The minimum Gasteiger partial charge on any atom is -0.479 e. The summed E-state index contributed by atoms with van der Waals surface area (Å²) in [5, 5.41) is 16.5. The molecule has 1 heterocycles. The van der Waals surface area contributed by atoms with Gasteiger partial charge in [-0.25, -0.2) is 4.79 Å². The normalized spacial score (nSPS) is 15.2. The molecule has 1 aliphatic carbocycles. The van der Waals surface area contributed by atoms with Gasteiger partial charge >= 0.3 is 5.97 Å². The standard InChI is InChI=1S/C9H10N2O3/c1-14-8-6(9(12)13)4-7(10-11-8)5-2-3-5/h4-5H,2-3H2,1H3,(H,12,13). The monoisotopic (exact) mass is 194 g/mol. The van der Waals surface area contributed by atoms with E-state index < -0.39 is 5.97 Å². The lowest BCUT2D eigenvalue weighted by molar-refractivity contribution is 0.0692. The van der Waals surface area contributed by atoms with Gasteiger partial charge < -0.3 is 9.84 Å². The van der Waals surface area contributed by atoms with Gasteiger partial charge in [0.05, 0.1) is 12.8 Å². The van der Waals surface area contributed by atoms with Crippen LogP contribution < -0.4 is 4.74 Å². The number of carbonyl (C=O) groups is 1. The highest BCUT2D eigenvalue weighted by molar-refractivity contribution is 5.90. The molecule has 0 aromatic carbocycles. The summed E-state index contributed by atoms with van der Waals surface area (Å²) in [6.45, 7) is 0. The minimum absolute atomic E-state index is 0.0712. The highest BCUT2D eigenvalue weighted by Gasteiger charge is 2.27. The lowest BCUT2D eigenvalue weighted by Gasteiger charge is -2.03. The molecule has 0 atom stereocenters. The van der Waals surface area contributed by atoms with Crippen molar-refractivity contribution >= 4 is 5.97 Å². The first-order valence-electron chi connectivity index (χ1n) is 4.37. The van der Waals surface area contributed by atoms with E-state index in [1.165, 1.54) is 7.11 Å². The Kier molecular flexibility index (Phi) is 2.07. The summed E-state index contributed by atoms with van der Waals surface area (Å²) < 4.78 is 4.81. The molecule has 5 nitrogen and oxygen atoms in total. The van der Waals surface area contributed by atoms with Gasteiger partial charge in [0, 0.05) is 5.92 Å². The van der Waals surface area contributed by atoms with E-state index in [-0.39, 0.29) is 11.4 Å². The number of nitrogens with zero attached hydrogens (tertiary/aromatic N) is 2. The number of carboxylic acids is 1. The minimum atomic E-state index is -1.03. The van der Waals surface area contributed by atoms with E-state index in [4.69, 9.17) is 9.84 Å². The van der Waals surface area contributed by atoms with Gasteiger partial charge in [-0.05, 0) is 18.9 Å². The van der Waals surface area contributed by atoms with E-state index >= 15 is 0 Å². The van der Waals surface area contributed by atoms with Crippen LogP contribution in [-0.4, -0.2) is 28.4 Å². The van der Waals surface area contributed by atoms with Crippen LogP contribution in [-0.2, 0) is 0 Å². The first kappa shape index (κ1) is 8.93. The molecule has 0 amide bonds. The Balaban J connectivity index is 2.40. The fourth-order valence-electron chi connectivity index (χ4n) is 1.28. The molecule has 0 bridgehead atoms.